The number of benzene rings is 2. The molecule has 0 spiro atoms. The van der Waals surface area contributed by atoms with Gasteiger partial charge in [0.1, 0.15) is 5.01 Å². The SMILES string of the molecule is Cc1nnc(N2CC(NC(=O)CC(c3ccccc3)c3ccccc3)C2)s1. The summed E-state index contributed by atoms with van der Waals surface area (Å²) >= 11 is 1.59. The largest absolute Gasteiger partial charge is 0.350 e. The Balaban J connectivity index is 1.38. The molecule has 1 aromatic heterocycles. The first-order valence-corrected chi connectivity index (χ1v) is 9.95. The molecule has 0 bridgehead atoms. The molecular weight excluding hydrogens is 356 g/mol. The first-order valence-electron chi connectivity index (χ1n) is 9.13. The molecule has 4 rings (SSSR count). The third-order valence-corrected chi connectivity index (χ3v) is 5.73. The second-order valence-electron chi connectivity index (χ2n) is 6.85. The molecule has 6 heteroatoms. The highest BCUT2D eigenvalue weighted by atomic mass is 32.1. The predicted octanol–water partition coefficient (Wildman–Crippen LogP) is 3.37. The van der Waals surface area contributed by atoms with Crippen LogP contribution >= 0.6 is 11.3 Å². The van der Waals surface area contributed by atoms with E-state index in [1.54, 1.807) is 11.3 Å². The number of anilines is 1. The zero-order valence-corrected chi connectivity index (χ0v) is 16.0. The molecule has 138 valence electrons. The number of aryl methyl sites for hydroxylation is 1. The monoisotopic (exact) mass is 378 g/mol. The normalized spacial score (nSPS) is 14.2. The van der Waals surface area contributed by atoms with Gasteiger partial charge in [-0.3, -0.25) is 4.79 Å². The van der Waals surface area contributed by atoms with Gasteiger partial charge in [-0.15, -0.1) is 10.2 Å². The molecule has 3 aromatic rings. The molecule has 0 saturated carbocycles. The Morgan fingerprint density at radius 1 is 1.07 bits per heavy atom. The third kappa shape index (κ3) is 4.17. The van der Waals surface area contributed by atoms with E-state index in [1.807, 2.05) is 43.3 Å². The maximum Gasteiger partial charge on any atom is 0.221 e. The first kappa shape index (κ1) is 17.7. The molecule has 5 nitrogen and oxygen atoms in total. The van der Waals surface area contributed by atoms with Crippen molar-refractivity contribution in [1.29, 1.82) is 0 Å². The number of aromatic nitrogens is 2. The fourth-order valence-electron chi connectivity index (χ4n) is 3.41. The van der Waals surface area contributed by atoms with Crippen LogP contribution in [0.3, 0.4) is 0 Å². The van der Waals surface area contributed by atoms with Gasteiger partial charge in [-0.25, -0.2) is 0 Å². The summed E-state index contributed by atoms with van der Waals surface area (Å²) in [6.07, 6.45) is 0.447. The molecule has 1 aliphatic rings. The lowest BCUT2D eigenvalue weighted by Gasteiger charge is -2.39. The summed E-state index contributed by atoms with van der Waals surface area (Å²) in [6.45, 7) is 3.54. The van der Waals surface area contributed by atoms with Gasteiger partial charge in [0.25, 0.3) is 0 Å². The van der Waals surface area contributed by atoms with Gasteiger partial charge in [-0.05, 0) is 18.1 Å². The van der Waals surface area contributed by atoms with Crippen molar-refractivity contribution in [1.82, 2.24) is 15.5 Å². The zero-order chi connectivity index (χ0) is 18.6. The molecule has 27 heavy (non-hydrogen) atoms. The summed E-state index contributed by atoms with van der Waals surface area (Å²) < 4.78 is 0. The van der Waals surface area contributed by atoms with E-state index in [1.165, 1.54) is 11.1 Å². The van der Waals surface area contributed by atoms with Crippen LogP contribution in [0.25, 0.3) is 0 Å². The van der Waals surface area contributed by atoms with E-state index in [0.717, 1.165) is 23.2 Å². The topological polar surface area (TPSA) is 58.1 Å². The number of amides is 1. The minimum atomic E-state index is 0.0643. The van der Waals surface area contributed by atoms with E-state index in [9.17, 15) is 4.79 Å². The van der Waals surface area contributed by atoms with E-state index < -0.39 is 0 Å². The van der Waals surface area contributed by atoms with Gasteiger partial charge < -0.3 is 10.2 Å². The Hall–Kier alpha value is -2.73. The number of carbonyl (C=O) groups is 1. The summed E-state index contributed by atoms with van der Waals surface area (Å²) in [5.74, 6) is 0.153. The van der Waals surface area contributed by atoms with Crippen molar-refractivity contribution in [2.24, 2.45) is 0 Å². The molecule has 1 N–H and O–H groups in total. The van der Waals surface area contributed by atoms with Crippen molar-refractivity contribution in [3.63, 3.8) is 0 Å². The van der Waals surface area contributed by atoms with Gasteiger partial charge >= 0.3 is 0 Å². The smallest absolute Gasteiger partial charge is 0.221 e. The number of nitrogens with zero attached hydrogens (tertiary/aromatic N) is 3. The maximum absolute atomic E-state index is 12.7. The van der Waals surface area contributed by atoms with Crippen LogP contribution in [0.15, 0.2) is 60.7 Å². The van der Waals surface area contributed by atoms with Gasteiger partial charge in [0, 0.05) is 25.4 Å². The Morgan fingerprint density at radius 2 is 1.67 bits per heavy atom. The Labute approximate surface area is 163 Å². The lowest BCUT2D eigenvalue weighted by Crippen LogP contribution is -2.59. The van der Waals surface area contributed by atoms with Crippen molar-refractivity contribution in [2.45, 2.75) is 25.3 Å². The van der Waals surface area contributed by atoms with Crippen molar-refractivity contribution < 1.29 is 4.79 Å². The summed E-state index contributed by atoms with van der Waals surface area (Å²) in [7, 11) is 0. The van der Waals surface area contributed by atoms with E-state index in [2.05, 4.69) is 44.7 Å². The summed E-state index contributed by atoms with van der Waals surface area (Å²) in [6, 6.07) is 20.6. The highest BCUT2D eigenvalue weighted by Gasteiger charge is 2.31. The van der Waals surface area contributed by atoms with E-state index in [0.29, 0.717) is 6.42 Å². The predicted molar refractivity (Wildman–Crippen MR) is 108 cm³/mol. The van der Waals surface area contributed by atoms with Crippen LogP contribution in [0.1, 0.15) is 28.5 Å². The third-order valence-electron chi connectivity index (χ3n) is 4.83. The number of hydrogen-bond acceptors (Lipinski definition) is 5. The van der Waals surface area contributed by atoms with Gasteiger partial charge in [0.15, 0.2) is 0 Å². The quantitative estimate of drug-likeness (QED) is 0.714. The van der Waals surface area contributed by atoms with Gasteiger partial charge in [-0.2, -0.15) is 0 Å². The second-order valence-corrected chi connectivity index (χ2v) is 8.01. The minimum absolute atomic E-state index is 0.0643. The van der Waals surface area contributed by atoms with E-state index in [-0.39, 0.29) is 17.9 Å². The molecule has 0 unspecified atom stereocenters. The van der Waals surface area contributed by atoms with Crippen LogP contribution in [0.2, 0.25) is 0 Å². The number of nitrogens with one attached hydrogen (secondary N) is 1. The molecule has 1 amide bonds. The molecule has 1 saturated heterocycles. The summed E-state index contributed by atoms with van der Waals surface area (Å²) in [5, 5.41) is 13.3. The highest BCUT2D eigenvalue weighted by molar-refractivity contribution is 7.15. The summed E-state index contributed by atoms with van der Waals surface area (Å²) in [4.78, 5) is 14.8. The van der Waals surface area contributed by atoms with Crippen molar-refractivity contribution in [3.05, 3.63) is 76.8 Å². The van der Waals surface area contributed by atoms with Crippen LogP contribution in [-0.2, 0) is 4.79 Å². The van der Waals surface area contributed by atoms with Gasteiger partial charge in [-0.1, -0.05) is 72.0 Å². The molecule has 2 heterocycles. The molecule has 0 radical (unpaired) electrons. The van der Waals surface area contributed by atoms with Crippen molar-refractivity contribution >= 4 is 22.4 Å². The van der Waals surface area contributed by atoms with Crippen LogP contribution in [0.4, 0.5) is 5.13 Å². The average molecular weight is 379 g/mol. The molecule has 2 aromatic carbocycles. The molecule has 1 aliphatic heterocycles. The van der Waals surface area contributed by atoms with Crippen molar-refractivity contribution in [2.75, 3.05) is 18.0 Å². The molecular formula is C21H22N4OS. The van der Waals surface area contributed by atoms with Gasteiger partial charge in [0.05, 0.1) is 6.04 Å². The van der Waals surface area contributed by atoms with E-state index >= 15 is 0 Å². The Morgan fingerprint density at radius 3 is 2.19 bits per heavy atom. The zero-order valence-electron chi connectivity index (χ0n) is 15.2. The van der Waals surface area contributed by atoms with Crippen LogP contribution in [0, 0.1) is 6.92 Å². The lowest BCUT2D eigenvalue weighted by atomic mass is 9.88. The number of hydrogen-bond donors (Lipinski definition) is 1. The average Bonchev–Trinajstić information content (AvgIpc) is 3.09. The fourth-order valence-corrected chi connectivity index (χ4v) is 4.12. The number of carbonyl (C=O) groups excluding carboxylic acids is 1. The fraction of sp³-hybridized carbons (Fsp3) is 0.286. The first-order chi connectivity index (χ1) is 13.2. The number of rotatable bonds is 6. The molecule has 0 atom stereocenters. The van der Waals surface area contributed by atoms with Crippen LogP contribution in [0.5, 0.6) is 0 Å². The standard InChI is InChI=1S/C21H22N4OS/c1-15-23-24-21(27-15)25-13-18(14-25)22-20(26)12-19(16-8-4-2-5-9-16)17-10-6-3-7-11-17/h2-11,18-19H,12-14H2,1H3,(H,22,26). The highest BCUT2D eigenvalue weighted by Crippen LogP contribution is 2.28. The summed E-state index contributed by atoms with van der Waals surface area (Å²) in [5.41, 5.74) is 2.33. The molecule has 0 aliphatic carbocycles. The van der Waals surface area contributed by atoms with Gasteiger partial charge in [0.2, 0.25) is 11.0 Å². The lowest BCUT2D eigenvalue weighted by molar-refractivity contribution is -0.122. The van der Waals surface area contributed by atoms with Crippen LogP contribution in [-0.4, -0.2) is 35.2 Å². The molecule has 1 fully saturated rings. The van der Waals surface area contributed by atoms with E-state index in [4.69, 9.17) is 0 Å². The maximum atomic E-state index is 12.7. The second kappa shape index (κ2) is 7.88. The Bertz CT molecular complexity index is 851. The van der Waals surface area contributed by atoms with Crippen LogP contribution < -0.4 is 10.2 Å². The minimum Gasteiger partial charge on any atom is -0.350 e. The van der Waals surface area contributed by atoms with Crippen molar-refractivity contribution in [3.8, 4) is 0 Å². The Kier molecular flexibility index (Phi) is 5.16.